The first-order valence-electron chi connectivity index (χ1n) is 5.30. The molecule has 1 aliphatic heterocycles. The smallest absolute Gasteiger partial charge is 0.220 e. The Labute approximate surface area is 86.0 Å². The van der Waals surface area contributed by atoms with Gasteiger partial charge in [-0.15, -0.1) is 0 Å². The largest absolute Gasteiger partial charge is 0.356 e. The molecule has 1 rings (SSSR count). The number of carbonyl (C=O) groups is 1. The Hall–Kier alpha value is -0.610. The number of hydrogen-bond acceptors (Lipinski definition) is 3. The number of nitrogens with zero attached hydrogens (tertiary/aromatic N) is 1. The summed E-state index contributed by atoms with van der Waals surface area (Å²) in [6, 6.07) is 0. The lowest BCUT2D eigenvalue weighted by atomic mass is 9.99. The first kappa shape index (κ1) is 11.5. The Morgan fingerprint density at radius 3 is 2.71 bits per heavy atom. The van der Waals surface area contributed by atoms with Crippen molar-refractivity contribution in [2.24, 2.45) is 5.92 Å². The van der Waals surface area contributed by atoms with Gasteiger partial charge in [-0.1, -0.05) is 0 Å². The van der Waals surface area contributed by atoms with Gasteiger partial charge in [-0.25, -0.2) is 0 Å². The number of rotatable bonds is 6. The highest BCUT2D eigenvalue weighted by molar-refractivity contribution is 5.76. The summed E-state index contributed by atoms with van der Waals surface area (Å²) in [5, 5.41) is 6.11. The van der Waals surface area contributed by atoms with Gasteiger partial charge in [0.1, 0.15) is 0 Å². The lowest BCUT2D eigenvalue weighted by Crippen LogP contribution is -2.44. The monoisotopic (exact) mass is 199 g/mol. The summed E-state index contributed by atoms with van der Waals surface area (Å²) in [4.78, 5) is 13.5. The quantitative estimate of drug-likeness (QED) is 0.575. The molecule has 4 nitrogen and oxygen atoms in total. The first-order chi connectivity index (χ1) is 6.68. The SMILES string of the molecule is CN(C)CCCNC(=O)CC1CNC1. The van der Waals surface area contributed by atoms with Gasteiger partial charge in [0.2, 0.25) is 5.91 Å². The average Bonchev–Trinajstić information content (AvgIpc) is 2.05. The van der Waals surface area contributed by atoms with Crippen molar-refractivity contribution in [1.29, 1.82) is 0 Å². The summed E-state index contributed by atoms with van der Waals surface area (Å²) in [5.74, 6) is 0.777. The zero-order chi connectivity index (χ0) is 10.4. The van der Waals surface area contributed by atoms with Gasteiger partial charge in [0, 0.05) is 13.0 Å². The zero-order valence-electron chi connectivity index (χ0n) is 9.18. The van der Waals surface area contributed by atoms with Crippen molar-refractivity contribution >= 4 is 5.91 Å². The fraction of sp³-hybridized carbons (Fsp3) is 0.900. The second-order valence-electron chi connectivity index (χ2n) is 4.24. The van der Waals surface area contributed by atoms with E-state index in [1.54, 1.807) is 0 Å². The van der Waals surface area contributed by atoms with Crippen LogP contribution < -0.4 is 10.6 Å². The Morgan fingerprint density at radius 2 is 2.21 bits per heavy atom. The molecule has 1 aliphatic rings. The lowest BCUT2D eigenvalue weighted by Gasteiger charge is -2.26. The van der Waals surface area contributed by atoms with Crippen LogP contribution in [0.1, 0.15) is 12.8 Å². The number of nitrogens with one attached hydrogen (secondary N) is 2. The third kappa shape index (κ3) is 4.58. The minimum Gasteiger partial charge on any atom is -0.356 e. The summed E-state index contributed by atoms with van der Waals surface area (Å²) in [6.07, 6.45) is 1.72. The van der Waals surface area contributed by atoms with Gasteiger partial charge in [0.05, 0.1) is 0 Å². The molecule has 0 atom stereocenters. The minimum absolute atomic E-state index is 0.204. The van der Waals surface area contributed by atoms with Crippen molar-refractivity contribution in [2.45, 2.75) is 12.8 Å². The van der Waals surface area contributed by atoms with Gasteiger partial charge in [-0.05, 0) is 46.1 Å². The summed E-state index contributed by atoms with van der Waals surface area (Å²) in [6.45, 7) is 3.85. The van der Waals surface area contributed by atoms with Crippen LogP contribution in [0.4, 0.5) is 0 Å². The number of hydrogen-bond donors (Lipinski definition) is 2. The van der Waals surface area contributed by atoms with Crippen LogP contribution in [0.5, 0.6) is 0 Å². The van der Waals surface area contributed by atoms with Gasteiger partial charge in [0.15, 0.2) is 0 Å². The average molecular weight is 199 g/mol. The van der Waals surface area contributed by atoms with Crippen LogP contribution in [-0.4, -0.2) is 51.1 Å². The third-order valence-corrected chi connectivity index (χ3v) is 2.44. The van der Waals surface area contributed by atoms with Crippen molar-refractivity contribution in [3.05, 3.63) is 0 Å². The summed E-state index contributed by atoms with van der Waals surface area (Å²) >= 11 is 0. The molecule has 0 aromatic rings. The summed E-state index contributed by atoms with van der Waals surface area (Å²) in [7, 11) is 4.09. The topological polar surface area (TPSA) is 44.4 Å². The third-order valence-electron chi connectivity index (χ3n) is 2.44. The van der Waals surface area contributed by atoms with E-state index in [-0.39, 0.29) is 5.91 Å². The lowest BCUT2D eigenvalue weighted by molar-refractivity contribution is -0.122. The molecule has 82 valence electrons. The molecule has 1 heterocycles. The highest BCUT2D eigenvalue weighted by Gasteiger charge is 2.19. The van der Waals surface area contributed by atoms with Crippen molar-refractivity contribution in [3.63, 3.8) is 0 Å². The normalized spacial score (nSPS) is 16.8. The van der Waals surface area contributed by atoms with E-state index in [9.17, 15) is 4.79 Å². The van der Waals surface area contributed by atoms with Crippen LogP contribution in [0, 0.1) is 5.92 Å². The molecule has 0 aromatic carbocycles. The highest BCUT2D eigenvalue weighted by atomic mass is 16.1. The molecule has 0 saturated carbocycles. The van der Waals surface area contributed by atoms with Crippen LogP contribution in [0.25, 0.3) is 0 Å². The Balaban J connectivity index is 1.92. The van der Waals surface area contributed by atoms with Gasteiger partial charge >= 0.3 is 0 Å². The molecule has 0 bridgehead atoms. The maximum absolute atomic E-state index is 11.3. The fourth-order valence-corrected chi connectivity index (χ4v) is 1.45. The van der Waals surface area contributed by atoms with Gasteiger partial charge < -0.3 is 15.5 Å². The summed E-state index contributed by atoms with van der Waals surface area (Å²) in [5.41, 5.74) is 0. The van der Waals surface area contributed by atoms with Crippen molar-refractivity contribution in [1.82, 2.24) is 15.5 Å². The molecule has 1 saturated heterocycles. The molecule has 0 radical (unpaired) electrons. The van der Waals surface area contributed by atoms with Crippen LogP contribution >= 0.6 is 0 Å². The standard InChI is InChI=1S/C10H21N3O/c1-13(2)5-3-4-12-10(14)6-9-7-11-8-9/h9,11H,3-8H2,1-2H3,(H,12,14). The molecular formula is C10H21N3O. The second kappa shape index (κ2) is 5.98. The maximum atomic E-state index is 11.3. The van der Waals surface area contributed by atoms with E-state index in [1.807, 2.05) is 14.1 Å². The van der Waals surface area contributed by atoms with Crippen LogP contribution in [0.3, 0.4) is 0 Å². The number of amides is 1. The van der Waals surface area contributed by atoms with Crippen LogP contribution in [0.15, 0.2) is 0 Å². The van der Waals surface area contributed by atoms with Crippen molar-refractivity contribution in [3.8, 4) is 0 Å². The van der Waals surface area contributed by atoms with Crippen LogP contribution in [-0.2, 0) is 4.79 Å². The van der Waals surface area contributed by atoms with E-state index in [0.29, 0.717) is 12.3 Å². The van der Waals surface area contributed by atoms with Gasteiger partial charge in [0.25, 0.3) is 0 Å². The van der Waals surface area contributed by atoms with Gasteiger partial charge in [-0.2, -0.15) is 0 Å². The Kier molecular flexibility index (Phi) is 4.90. The highest BCUT2D eigenvalue weighted by Crippen LogP contribution is 2.07. The van der Waals surface area contributed by atoms with Gasteiger partial charge in [-0.3, -0.25) is 4.79 Å². The predicted octanol–water partition coefficient (Wildman–Crippen LogP) is -0.336. The van der Waals surface area contributed by atoms with E-state index in [1.165, 1.54) is 0 Å². The predicted molar refractivity (Wildman–Crippen MR) is 57.2 cm³/mol. The second-order valence-corrected chi connectivity index (χ2v) is 4.24. The van der Waals surface area contributed by atoms with E-state index >= 15 is 0 Å². The Morgan fingerprint density at radius 1 is 1.50 bits per heavy atom. The van der Waals surface area contributed by atoms with E-state index < -0.39 is 0 Å². The minimum atomic E-state index is 0.204. The molecule has 14 heavy (non-hydrogen) atoms. The van der Waals surface area contributed by atoms with E-state index in [2.05, 4.69) is 15.5 Å². The van der Waals surface area contributed by atoms with E-state index in [0.717, 1.165) is 32.6 Å². The first-order valence-corrected chi connectivity index (χ1v) is 5.30. The molecule has 2 N–H and O–H groups in total. The molecule has 0 spiro atoms. The Bertz CT molecular complexity index is 178. The van der Waals surface area contributed by atoms with Crippen molar-refractivity contribution < 1.29 is 4.79 Å². The molecule has 0 aliphatic carbocycles. The molecule has 1 amide bonds. The fourth-order valence-electron chi connectivity index (χ4n) is 1.45. The molecule has 0 aromatic heterocycles. The maximum Gasteiger partial charge on any atom is 0.220 e. The van der Waals surface area contributed by atoms with Crippen LogP contribution in [0.2, 0.25) is 0 Å². The molecule has 1 fully saturated rings. The number of carbonyl (C=O) groups excluding carboxylic acids is 1. The summed E-state index contributed by atoms with van der Waals surface area (Å²) < 4.78 is 0. The molecule has 4 heteroatoms. The van der Waals surface area contributed by atoms with Crippen molar-refractivity contribution in [2.75, 3.05) is 40.3 Å². The zero-order valence-corrected chi connectivity index (χ0v) is 9.18. The molecule has 0 unspecified atom stereocenters. The molecular weight excluding hydrogens is 178 g/mol. The van der Waals surface area contributed by atoms with E-state index in [4.69, 9.17) is 0 Å².